The molecule has 0 saturated heterocycles. The molecule has 0 bridgehead atoms. The molecule has 0 spiro atoms. The molecular formula is C11H23O2. The summed E-state index contributed by atoms with van der Waals surface area (Å²) in [6, 6.07) is 0. The van der Waals surface area contributed by atoms with E-state index in [2.05, 4.69) is 13.8 Å². The van der Waals surface area contributed by atoms with Gasteiger partial charge in [-0.2, -0.15) is 0 Å². The molecule has 79 valence electrons. The predicted molar refractivity (Wildman–Crippen MR) is 55.7 cm³/mol. The maximum absolute atomic E-state index is 5.38. The molecule has 0 aromatic heterocycles. The van der Waals surface area contributed by atoms with E-state index in [0.29, 0.717) is 6.10 Å². The highest BCUT2D eigenvalue weighted by atomic mass is 16.5. The lowest BCUT2D eigenvalue weighted by molar-refractivity contribution is 0.0700. The summed E-state index contributed by atoms with van der Waals surface area (Å²) >= 11 is 0. The van der Waals surface area contributed by atoms with Crippen molar-refractivity contribution in [3.63, 3.8) is 0 Å². The standard InChI is InChI=1S/C11H23O2/c1-4-7-11(12-3)8-6-10-13-9-5-2/h11H,1,4-10H2,2-3H3. The quantitative estimate of drug-likeness (QED) is 0.517. The highest BCUT2D eigenvalue weighted by Crippen LogP contribution is 2.07. The number of ether oxygens (including phenoxy) is 2. The minimum absolute atomic E-state index is 0.378. The second-order valence-corrected chi connectivity index (χ2v) is 3.25. The number of hydrogen-bond acceptors (Lipinski definition) is 2. The monoisotopic (exact) mass is 187 g/mol. The fourth-order valence-corrected chi connectivity index (χ4v) is 1.27. The van der Waals surface area contributed by atoms with Crippen molar-refractivity contribution in [2.45, 2.75) is 45.1 Å². The van der Waals surface area contributed by atoms with Crippen molar-refractivity contribution in [3.8, 4) is 0 Å². The third-order valence-electron chi connectivity index (χ3n) is 2.02. The first kappa shape index (κ1) is 12.9. The molecule has 0 heterocycles. The smallest absolute Gasteiger partial charge is 0.0572 e. The number of rotatable bonds is 9. The lowest BCUT2D eigenvalue weighted by atomic mass is 10.1. The summed E-state index contributed by atoms with van der Waals surface area (Å²) in [5.74, 6) is 0. The summed E-state index contributed by atoms with van der Waals surface area (Å²) in [5, 5.41) is 0. The summed E-state index contributed by atoms with van der Waals surface area (Å²) in [7, 11) is 1.77. The number of hydrogen-bond donors (Lipinski definition) is 0. The van der Waals surface area contributed by atoms with E-state index < -0.39 is 0 Å². The van der Waals surface area contributed by atoms with Crippen molar-refractivity contribution in [3.05, 3.63) is 6.92 Å². The van der Waals surface area contributed by atoms with Crippen LogP contribution in [-0.2, 0) is 9.47 Å². The van der Waals surface area contributed by atoms with Gasteiger partial charge in [0.05, 0.1) is 6.10 Å². The lowest BCUT2D eigenvalue weighted by Crippen LogP contribution is -2.11. The van der Waals surface area contributed by atoms with Gasteiger partial charge in [0, 0.05) is 20.3 Å². The SMILES string of the molecule is [CH2]CCC(CCCOCCC)OC. The Bertz CT molecular complexity index is 94.1. The van der Waals surface area contributed by atoms with Gasteiger partial charge in [0.25, 0.3) is 0 Å². The molecule has 13 heavy (non-hydrogen) atoms. The highest BCUT2D eigenvalue weighted by Gasteiger charge is 2.04. The Kier molecular flexibility index (Phi) is 9.94. The summed E-state index contributed by atoms with van der Waals surface area (Å²) in [6.45, 7) is 7.69. The maximum Gasteiger partial charge on any atom is 0.0572 e. The van der Waals surface area contributed by atoms with Gasteiger partial charge in [0.2, 0.25) is 0 Å². The minimum Gasteiger partial charge on any atom is -0.381 e. The first-order valence-electron chi connectivity index (χ1n) is 5.24. The van der Waals surface area contributed by atoms with E-state index in [4.69, 9.17) is 9.47 Å². The van der Waals surface area contributed by atoms with Crippen LogP contribution in [0.5, 0.6) is 0 Å². The molecular weight excluding hydrogens is 164 g/mol. The topological polar surface area (TPSA) is 18.5 Å². The van der Waals surface area contributed by atoms with Crippen molar-refractivity contribution in [2.24, 2.45) is 0 Å². The number of methoxy groups -OCH3 is 1. The van der Waals surface area contributed by atoms with Crippen molar-refractivity contribution in [2.75, 3.05) is 20.3 Å². The third kappa shape index (κ3) is 8.26. The van der Waals surface area contributed by atoms with E-state index in [0.717, 1.165) is 45.3 Å². The molecule has 0 aromatic rings. The highest BCUT2D eigenvalue weighted by molar-refractivity contribution is 4.58. The molecule has 0 rings (SSSR count). The van der Waals surface area contributed by atoms with Gasteiger partial charge in [-0.1, -0.05) is 20.3 Å². The van der Waals surface area contributed by atoms with Crippen LogP contribution in [0.25, 0.3) is 0 Å². The van der Waals surface area contributed by atoms with Crippen molar-refractivity contribution >= 4 is 0 Å². The van der Waals surface area contributed by atoms with Gasteiger partial charge in [-0.25, -0.2) is 0 Å². The van der Waals surface area contributed by atoms with Gasteiger partial charge in [-0.3, -0.25) is 0 Å². The minimum atomic E-state index is 0.378. The van der Waals surface area contributed by atoms with E-state index in [-0.39, 0.29) is 0 Å². The second kappa shape index (κ2) is 10.0. The second-order valence-electron chi connectivity index (χ2n) is 3.25. The van der Waals surface area contributed by atoms with E-state index in [1.54, 1.807) is 7.11 Å². The van der Waals surface area contributed by atoms with Crippen LogP contribution in [0, 0.1) is 6.92 Å². The molecule has 0 amide bonds. The lowest BCUT2D eigenvalue weighted by Gasteiger charge is -2.13. The Morgan fingerprint density at radius 3 is 2.54 bits per heavy atom. The molecule has 2 nitrogen and oxygen atoms in total. The largest absolute Gasteiger partial charge is 0.381 e. The van der Waals surface area contributed by atoms with Gasteiger partial charge in [0.1, 0.15) is 0 Å². The molecule has 1 radical (unpaired) electrons. The van der Waals surface area contributed by atoms with Crippen LogP contribution in [-0.4, -0.2) is 26.4 Å². The Hall–Kier alpha value is -0.0800. The zero-order valence-electron chi connectivity index (χ0n) is 9.05. The van der Waals surface area contributed by atoms with E-state index in [1.165, 1.54) is 0 Å². The normalized spacial score (nSPS) is 13.2. The summed E-state index contributed by atoms with van der Waals surface area (Å²) in [6.07, 6.45) is 5.68. The van der Waals surface area contributed by atoms with Crippen LogP contribution in [0.3, 0.4) is 0 Å². The Morgan fingerprint density at radius 1 is 1.23 bits per heavy atom. The first-order chi connectivity index (χ1) is 6.35. The molecule has 0 saturated carbocycles. The molecule has 1 atom stereocenters. The third-order valence-corrected chi connectivity index (χ3v) is 2.02. The van der Waals surface area contributed by atoms with Gasteiger partial charge >= 0.3 is 0 Å². The van der Waals surface area contributed by atoms with Crippen LogP contribution in [0.2, 0.25) is 0 Å². The molecule has 0 N–H and O–H groups in total. The Morgan fingerprint density at radius 2 is 2.00 bits per heavy atom. The molecule has 0 aliphatic carbocycles. The van der Waals surface area contributed by atoms with Crippen LogP contribution >= 0.6 is 0 Å². The average molecular weight is 187 g/mol. The van der Waals surface area contributed by atoms with Crippen LogP contribution in [0.4, 0.5) is 0 Å². The molecule has 1 unspecified atom stereocenters. The van der Waals surface area contributed by atoms with Gasteiger partial charge in [-0.15, -0.1) is 0 Å². The fraction of sp³-hybridized carbons (Fsp3) is 0.909. The molecule has 0 fully saturated rings. The molecule has 0 aromatic carbocycles. The van der Waals surface area contributed by atoms with Crippen LogP contribution < -0.4 is 0 Å². The first-order valence-corrected chi connectivity index (χ1v) is 5.24. The Labute approximate surface area is 82.6 Å². The Balaban J connectivity index is 3.17. The molecule has 2 heteroatoms. The van der Waals surface area contributed by atoms with Crippen LogP contribution in [0.1, 0.15) is 39.0 Å². The van der Waals surface area contributed by atoms with Crippen molar-refractivity contribution in [1.82, 2.24) is 0 Å². The predicted octanol–water partition coefficient (Wildman–Crippen LogP) is 2.82. The van der Waals surface area contributed by atoms with Gasteiger partial charge in [-0.05, 0) is 25.7 Å². The fourth-order valence-electron chi connectivity index (χ4n) is 1.27. The van der Waals surface area contributed by atoms with E-state index in [9.17, 15) is 0 Å². The van der Waals surface area contributed by atoms with Crippen LogP contribution in [0.15, 0.2) is 0 Å². The molecule has 0 aliphatic rings. The van der Waals surface area contributed by atoms with Gasteiger partial charge in [0.15, 0.2) is 0 Å². The maximum atomic E-state index is 5.38. The van der Waals surface area contributed by atoms with Crippen molar-refractivity contribution in [1.29, 1.82) is 0 Å². The summed E-state index contributed by atoms with van der Waals surface area (Å²) in [4.78, 5) is 0. The van der Waals surface area contributed by atoms with E-state index >= 15 is 0 Å². The van der Waals surface area contributed by atoms with Gasteiger partial charge < -0.3 is 9.47 Å². The zero-order valence-corrected chi connectivity index (χ0v) is 9.05. The van der Waals surface area contributed by atoms with Crippen molar-refractivity contribution < 1.29 is 9.47 Å². The molecule has 0 aliphatic heterocycles. The van der Waals surface area contributed by atoms with E-state index in [1.807, 2.05) is 0 Å². The average Bonchev–Trinajstić information content (AvgIpc) is 2.16. The summed E-state index contributed by atoms with van der Waals surface area (Å²) in [5.41, 5.74) is 0. The zero-order chi connectivity index (χ0) is 9.94. The summed E-state index contributed by atoms with van der Waals surface area (Å²) < 4.78 is 10.7.